The van der Waals surface area contributed by atoms with Crippen LogP contribution < -0.4 is 10.1 Å². The number of hydrogen-bond donors (Lipinski definition) is 1. The normalized spacial score (nSPS) is 11.4. The molecular formula is C14H9F7N4O4. The first kappa shape index (κ1) is 21.9. The van der Waals surface area contributed by atoms with Crippen LogP contribution in [-0.2, 0) is 17.5 Å². The third-order valence-corrected chi connectivity index (χ3v) is 3.48. The number of halogens is 7. The smallest absolute Gasteiger partial charge is 0.422 e. The SMILES string of the molecule is COc1nn(CCC(=O)Nc2c(F)c(F)c(C(F)(F)F)c(F)c2F)cc1[N+](=O)[O-]. The van der Waals surface area contributed by atoms with Gasteiger partial charge in [0.25, 0.3) is 0 Å². The average molecular weight is 430 g/mol. The van der Waals surface area contributed by atoms with E-state index in [1.165, 1.54) is 5.32 Å². The van der Waals surface area contributed by atoms with E-state index in [2.05, 4.69) is 9.84 Å². The summed E-state index contributed by atoms with van der Waals surface area (Å²) in [7, 11) is 1.09. The Kier molecular flexibility index (Phi) is 5.98. The van der Waals surface area contributed by atoms with Gasteiger partial charge in [-0.15, -0.1) is 5.10 Å². The minimum Gasteiger partial charge on any atom is -0.475 e. The predicted octanol–water partition coefficient (Wildman–Crippen LogP) is 3.40. The number of amides is 1. The number of nitrogens with zero attached hydrogens (tertiary/aromatic N) is 3. The molecule has 29 heavy (non-hydrogen) atoms. The molecule has 0 fully saturated rings. The summed E-state index contributed by atoms with van der Waals surface area (Å²) in [5.41, 5.74) is -5.07. The molecule has 0 bridgehead atoms. The number of aryl methyl sites for hydroxylation is 1. The molecule has 0 saturated heterocycles. The molecule has 0 radical (unpaired) electrons. The molecular weight excluding hydrogens is 421 g/mol. The van der Waals surface area contributed by atoms with Gasteiger partial charge in [0.2, 0.25) is 5.91 Å². The van der Waals surface area contributed by atoms with Crippen LogP contribution in [0.2, 0.25) is 0 Å². The van der Waals surface area contributed by atoms with Crippen LogP contribution in [0.4, 0.5) is 42.1 Å². The minimum atomic E-state index is -5.72. The Bertz CT molecular complexity index is 945. The first-order valence-electron chi connectivity index (χ1n) is 7.37. The summed E-state index contributed by atoms with van der Waals surface area (Å²) >= 11 is 0. The molecule has 15 heteroatoms. The second-order valence-electron chi connectivity index (χ2n) is 5.35. The molecule has 0 atom stereocenters. The standard InChI is InChI=1S/C14H9F7N4O4/c1-29-13-5(25(27)28)4-24(23-13)3-2-6(26)22-12-10(17)8(15)7(14(19,20)21)9(16)11(12)18/h4H,2-3H2,1H3,(H,22,26). The topological polar surface area (TPSA) is 99.3 Å². The molecule has 1 aromatic heterocycles. The van der Waals surface area contributed by atoms with Crippen molar-refractivity contribution in [1.82, 2.24) is 9.78 Å². The molecule has 158 valence electrons. The van der Waals surface area contributed by atoms with Crippen LogP contribution in [-0.4, -0.2) is 27.7 Å². The fourth-order valence-electron chi connectivity index (χ4n) is 2.19. The molecule has 2 aromatic rings. The molecule has 1 heterocycles. The lowest BCUT2D eigenvalue weighted by atomic mass is 10.1. The van der Waals surface area contributed by atoms with Crippen molar-refractivity contribution in [3.63, 3.8) is 0 Å². The number of aromatic nitrogens is 2. The maximum absolute atomic E-state index is 13.7. The Labute approximate surface area is 156 Å². The third kappa shape index (κ3) is 4.38. The highest BCUT2D eigenvalue weighted by molar-refractivity contribution is 5.91. The van der Waals surface area contributed by atoms with Crippen LogP contribution in [0.25, 0.3) is 0 Å². The first-order chi connectivity index (χ1) is 13.4. The van der Waals surface area contributed by atoms with Crippen LogP contribution in [0.3, 0.4) is 0 Å². The summed E-state index contributed by atoms with van der Waals surface area (Å²) in [5, 5.41) is 15.8. The van der Waals surface area contributed by atoms with Crippen LogP contribution >= 0.6 is 0 Å². The quantitative estimate of drug-likeness (QED) is 0.328. The summed E-state index contributed by atoms with van der Waals surface area (Å²) in [4.78, 5) is 21.7. The van der Waals surface area contributed by atoms with E-state index in [0.717, 1.165) is 18.0 Å². The number of nitro groups is 1. The van der Waals surface area contributed by atoms with Gasteiger partial charge in [0, 0.05) is 6.42 Å². The maximum atomic E-state index is 13.7. The number of ether oxygens (including phenoxy) is 1. The van der Waals surface area contributed by atoms with Gasteiger partial charge < -0.3 is 10.1 Å². The maximum Gasteiger partial charge on any atom is 0.422 e. The Balaban J connectivity index is 2.21. The van der Waals surface area contributed by atoms with E-state index in [0.29, 0.717) is 0 Å². The van der Waals surface area contributed by atoms with Crippen molar-refractivity contribution in [2.45, 2.75) is 19.1 Å². The van der Waals surface area contributed by atoms with Crippen LogP contribution in [0, 0.1) is 33.4 Å². The molecule has 0 aliphatic heterocycles. The number of nitrogens with one attached hydrogen (secondary N) is 1. The van der Waals surface area contributed by atoms with Crippen LogP contribution in [0.5, 0.6) is 5.88 Å². The highest BCUT2D eigenvalue weighted by Gasteiger charge is 2.42. The van der Waals surface area contributed by atoms with E-state index in [1.807, 2.05) is 0 Å². The number of methoxy groups -OCH3 is 1. The van der Waals surface area contributed by atoms with Crippen molar-refractivity contribution in [3.8, 4) is 5.88 Å². The van der Waals surface area contributed by atoms with Crippen molar-refractivity contribution in [2.24, 2.45) is 0 Å². The fraction of sp³-hybridized carbons (Fsp3) is 0.286. The van der Waals surface area contributed by atoms with Crippen molar-refractivity contribution in [3.05, 3.63) is 45.1 Å². The molecule has 1 aromatic carbocycles. The molecule has 1 N–H and O–H groups in total. The average Bonchev–Trinajstić information content (AvgIpc) is 3.04. The van der Waals surface area contributed by atoms with Gasteiger partial charge in [-0.05, 0) is 0 Å². The summed E-state index contributed by atoms with van der Waals surface area (Å²) in [6.07, 6.45) is -5.50. The second kappa shape index (κ2) is 7.92. The summed E-state index contributed by atoms with van der Waals surface area (Å²) in [6, 6.07) is 0. The monoisotopic (exact) mass is 430 g/mol. The Morgan fingerprint density at radius 1 is 1.21 bits per heavy atom. The van der Waals surface area contributed by atoms with Gasteiger partial charge in [-0.3, -0.25) is 19.6 Å². The van der Waals surface area contributed by atoms with Gasteiger partial charge in [0.1, 0.15) is 17.4 Å². The van der Waals surface area contributed by atoms with Crippen molar-refractivity contribution < 1.29 is 45.2 Å². The second-order valence-corrected chi connectivity index (χ2v) is 5.35. The van der Waals surface area contributed by atoms with E-state index in [4.69, 9.17) is 0 Å². The first-order valence-corrected chi connectivity index (χ1v) is 7.37. The number of benzene rings is 1. The van der Waals surface area contributed by atoms with E-state index in [1.54, 1.807) is 0 Å². The third-order valence-electron chi connectivity index (χ3n) is 3.48. The van der Waals surface area contributed by atoms with Crippen LogP contribution in [0.1, 0.15) is 12.0 Å². The van der Waals surface area contributed by atoms with E-state index < -0.39 is 70.2 Å². The lowest BCUT2D eigenvalue weighted by molar-refractivity contribution is -0.385. The molecule has 0 aliphatic carbocycles. The summed E-state index contributed by atoms with van der Waals surface area (Å²) < 4.78 is 97.6. The van der Waals surface area contributed by atoms with Gasteiger partial charge in [-0.1, -0.05) is 0 Å². The zero-order valence-corrected chi connectivity index (χ0v) is 14.1. The molecule has 8 nitrogen and oxygen atoms in total. The summed E-state index contributed by atoms with van der Waals surface area (Å²) in [5.74, 6) is -12.0. The lowest BCUT2D eigenvalue weighted by Crippen LogP contribution is -2.21. The van der Waals surface area contributed by atoms with E-state index >= 15 is 0 Å². The van der Waals surface area contributed by atoms with Crippen molar-refractivity contribution in [2.75, 3.05) is 12.4 Å². The Morgan fingerprint density at radius 2 is 1.76 bits per heavy atom. The van der Waals surface area contributed by atoms with Crippen molar-refractivity contribution in [1.29, 1.82) is 0 Å². The zero-order chi connectivity index (χ0) is 22.1. The minimum absolute atomic E-state index is 0.389. The highest BCUT2D eigenvalue weighted by atomic mass is 19.4. The van der Waals surface area contributed by atoms with Gasteiger partial charge in [0.05, 0.1) is 18.6 Å². The predicted molar refractivity (Wildman–Crippen MR) is 80.0 cm³/mol. The number of carbonyl (C=O) groups excluding carboxylic acids is 1. The van der Waals surface area contributed by atoms with Crippen molar-refractivity contribution >= 4 is 17.3 Å². The largest absolute Gasteiger partial charge is 0.475 e. The number of anilines is 1. The van der Waals surface area contributed by atoms with Gasteiger partial charge >= 0.3 is 17.7 Å². The lowest BCUT2D eigenvalue weighted by Gasteiger charge is -2.14. The number of alkyl halides is 3. The molecule has 2 rings (SSSR count). The van der Waals surface area contributed by atoms with E-state index in [9.17, 15) is 45.6 Å². The van der Waals surface area contributed by atoms with Gasteiger partial charge in [0.15, 0.2) is 23.3 Å². The summed E-state index contributed by atoms with van der Waals surface area (Å²) in [6.45, 7) is -0.398. The molecule has 1 amide bonds. The molecule has 0 unspecified atom stereocenters. The van der Waals surface area contributed by atoms with Gasteiger partial charge in [-0.25, -0.2) is 17.6 Å². The molecule has 0 spiro atoms. The molecule has 0 aliphatic rings. The fourth-order valence-corrected chi connectivity index (χ4v) is 2.19. The molecule has 0 saturated carbocycles. The zero-order valence-electron chi connectivity index (χ0n) is 14.1. The Hall–Kier alpha value is -3.39. The Morgan fingerprint density at radius 3 is 2.17 bits per heavy atom. The number of hydrogen-bond acceptors (Lipinski definition) is 5. The van der Waals surface area contributed by atoms with Gasteiger partial charge in [-0.2, -0.15) is 13.2 Å². The number of carbonyl (C=O) groups is 1. The number of rotatable bonds is 6. The highest BCUT2D eigenvalue weighted by Crippen LogP contribution is 2.38. The van der Waals surface area contributed by atoms with Crippen LogP contribution in [0.15, 0.2) is 6.20 Å². The van der Waals surface area contributed by atoms with E-state index in [-0.39, 0.29) is 5.88 Å².